The van der Waals surface area contributed by atoms with Gasteiger partial charge in [-0.05, 0) is 42.7 Å². The lowest BCUT2D eigenvalue weighted by atomic mass is 10.2. The molecule has 4 rings (SSSR count). The first kappa shape index (κ1) is 21.9. The van der Waals surface area contributed by atoms with Gasteiger partial charge in [-0.2, -0.15) is 11.8 Å². The average molecular weight is 467 g/mol. The molecule has 9 heteroatoms. The molecule has 3 aromatic carbocycles. The number of para-hydroxylation sites is 4. The van der Waals surface area contributed by atoms with Crippen molar-refractivity contribution in [3.63, 3.8) is 0 Å². The summed E-state index contributed by atoms with van der Waals surface area (Å²) in [6.07, 6.45) is 1.98. The zero-order chi connectivity index (χ0) is 22.6. The quantitative estimate of drug-likeness (QED) is 0.403. The number of anilines is 2. The monoisotopic (exact) mass is 466 g/mol. The number of carbonyl (C=O) groups is 1. The Morgan fingerprint density at radius 1 is 0.938 bits per heavy atom. The molecule has 0 aliphatic rings. The van der Waals surface area contributed by atoms with Crippen molar-refractivity contribution >= 4 is 50.1 Å². The maximum Gasteiger partial charge on any atom is 0.261 e. The molecular weight excluding hydrogens is 444 g/mol. The van der Waals surface area contributed by atoms with Crippen LogP contribution in [0.1, 0.15) is 5.82 Å². The molecule has 0 saturated carbocycles. The van der Waals surface area contributed by atoms with Crippen molar-refractivity contribution in [2.75, 3.05) is 16.3 Å². The molecule has 164 valence electrons. The summed E-state index contributed by atoms with van der Waals surface area (Å²) in [6.45, 7) is 0.0657. The van der Waals surface area contributed by atoms with Crippen LogP contribution in [0, 0.1) is 0 Å². The zero-order valence-electron chi connectivity index (χ0n) is 17.4. The number of carbonyl (C=O) groups excluding carboxylic acids is 1. The van der Waals surface area contributed by atoms with E-state index >= 15 is 0 Å². The first-order valence-corrected chi connectivity index (χ1v) is 12.8. The van der Waals surface area contributed by atoms with E-state index in [1.165, 1.54) is 12.1 Å². The molecule has 1 amide bonds. The largest absolute Gasteiger partial charge is 0.323 e. The van der Waals surface area contributed by atoms with Crippen molar-refractivity contribution in [2.24, 2.45) is 0 Å². The number of amides is 1. The Balaban J connectivity index is 1.57. The van der Waals surface area contributed by atoms with Gasteiger partial charge >= 0.3 is 0 Å². The molecule has 2 N–H and O–H groups in total. The predicted octanol–water partition coefficient (Wildman–Crippen LogP) is 4.34. The fourth-order valence-electron chi connectivity index (χ4n) is 3.36. The lowest BCUT2D eigenvalue weighted by Gasteiger charge is -2.14. The van der Waals surface area contributed by atoms with Crippen molar-refractivity contribution in [1.82, 2.24) is 9.55 Å². The van der Waals surface area contributed by atoms with Crippen molar-refractivity contribution in [3.8, 4) is 0 Å². The minimum atomic E-state index is -3.78. The number of sulfonamides is 1. The summed E-state index contributed by atoms with van der Waals surface area (Å²) in [5.41, 5.74) is 2.39. The van der Waals surface area contributed by atoms with Crippen molar-refractivity contribution in [3.05, 3.63) is 84.7 Å². The number of nitrogens with one attached hydrogen (secondary N) is 2. The zero-order valence-corrected chi connectivity index (χ0v) is 19.0. The Kier molecular flexibility index (Phi) is 6.48. The van der Waals surface area contributed by atoms with Crippen molar-refractivity contribution in [1.29, 1.82) is 0 Å². The van der Waals surface area contributed by atoms with E-state index < -0.39 is 10.0 Å². The second-order valence-electron chi connectivity index (χ2n) is 7.05. The Labute approximate surface area is 190 Å². The van der Waals surface area contributed by atoms with E-state index in [1.807, 2.05) is 35.1 Å². The van der Waals surface area contributed by atoms with Crippen molar-refractivity contribution in [2.45, 2.75) is 17.2 Å². The van der Waals surface area contributed by atoms with Gasteiger partial charge in [0.05, 0.1) is 33.1 Å². The fraction of sp³-hybridized carbons (Fsp3) is 0.130. The van der Waals surface area contributed by atoms with Gasteiger partial charge in [0.2, 0.25) is 5.91 Å². The summed E-state index contributed by atoms with van der Waals surface area (Å²) in [5, 5.41) is 2.84. The van der Waals surface area contributed by atoms with Crippen LogP contribution in [0.2, 0.25) is 0 Å². The Bertz CT molecular complexity index is 1350. The summed E-state index contributed by atoms with van der Waals surface area (Å²) in [4.78, 5) is 17.7. The number of hydrogen-bond acceptors (Lipinski definition) is 5. The van der Waals surface area contributed by atoms with Crippen LogP contribution in [0.5, 0.6) is 0 Å². The Morgan fingerprint density at radius 3 is 2.34 bits per heavy atom. The fourth-order valence-corrected chi connectivity index (χ4v) is 4.94. The highest BCUT2D eigenvalue weighted by molar-refractivity contribution is 7.97. The lowest BCUT2D eigenvalue weighted by Crippen LogP contribution is -2.21. The van der Waals surface area contributed by atoms with Crippen LogP contribution in [-0.4, -0.2) is 30.1 Å². The number of nitrogens with zero attached hydrogens (tertiary/aromatic N) is 2. The highest BCUT2D eigenvalue weighted by Crippen LogP contribution is 2.25. The predicted molar refractivity (Wildman–Crippen MR) is 129 cm³/mol. The van der Waals surface area contributed by atoms with E-state index in [0.29, 0.717) is 17.1 Å². The molecule has 32 heavy (non-hydrogen) atoms. The molecule has 0 bridgehead atoms. The summed E-state index contributed by atoms with van der Waals surface area (Å²) < 4.78 is 29.9. The second kappa shape index (κ2) is 9.46. The second-order valence-corrected chi connectivity index (χ2v) is 9.60. The minimum Gasteiger partial charge on any atom is -0.323 e. The number of aromatic nitrogens is 2. The Hall–Kier alpha value is -3.30. The molecule has 0 fully saturated rings. The highest BCUT2D eigenvalue weighted by atomic mass is 32.2. The van der Waals surface area contributed by atoms with E-state index in [4.69, 9.17) is 0 Å². The molecule has 7 nitrogen and oxygen atoms in total. The van der Waals surface area contributed by atoms with Gasteiger partial charge in [-0.3, -0.25) is 9.52 Å². The minimum absolute atomic E-state index is 0.0657. The summed E-state index contributed by atoms with van der Waals surface area (Å²) in [6, 6.07) is 22.5. The summed E-state index contributed by atoms with van der Waals surface area (Å²) >= 11 is 1.63. The smallest absolute Gasteiger partial charge is 0.261 e. The van der Waals surface area contributed by atoms with Gasteiger partial charge in [0.15, 0.2) is 0 Å². The average Bonchev–Trinajstić information content (AvgIpc) is 3.13. The van der Waals surface area contributed by atoms with Crippen LogP contribution in [0.4, 0.5) is 11.4 Å². The third-order valence-electron chi connectivity index (χ3n) is 4.81. The first-order valence-electron chi connectivity index (χ1n) is 9.88. The Morgan fingerprint density at radius 2 is 1.59 bits per heavy atom. The van der Waals surface area contributed by atoms with Gasteiger partial charge in [-0.25, -0.2) is 13.4 Å². The number of hydrogen-bond donors (Lipinski definition) is 2. The normalized spacial score (nSPS) is 11.4. The molecule has 0 atom stereocenters. The van der Waals surface area contributed by atoms with Gasteiger partial charge in [-0.1, -0.05) is 42.5 Å². The van der Waals surface area contributed by atoms with E-state index in [9.17, 15) is 13.2 Å². The van der Waals surface area contributed by atoms with Crippen LogP contribution in [0.15, 0.2) is 83.8 Å². The number of benzene rings is 3. The summed E-state index contributed by atoms with van der Waals surface area (Å²) in [7, 11) is -3.78. The maximum absolute atomic E-state index is 12.9. The molecule has 0 aliphatic heterocycles. The first-order chi connectivity index (χ1) is 15.5. The topological polar surface area (TPSA) is 93.1 Å². The van der Waals surface area contributed by atoms with E-state index in [1.54, 1.807) is 54.2 Å². The molecule has 0 spiro atoms. The van der Waals surface area contributed by atoms with Crippen LogP contribution in [-0.2, 0) is 27.1 Å². The van der Waals surface area contributed by atoms with Gasteiger partial charge < -0.3 is 9.88 Å². The van der Waals surface area contributed by atoms with E-state index in [0.717, 1.165) is 16.9 Å². The molecule has 0 saturated heterocycles. The number of imidazole rings is 1. The number of rotatable bonds is 8. The number of fused-ring (bicyclic) bond motifs is 1. The molecule has 4 aromatic rings. The third-order valence-corrected chi connectivity index (χ3v) is 6.74. The van der Waals surface area contributed by atoms with Gasteiger partial charge in [0, 0.05) is 0 Å². The van der Waals surface area contributed by atoms with Crippen LogP contribution >= 0.6 is 11.8 Å². The van der Waals surface area contributed by atoms with Gasteiger partial charge in [-0.15, -0.1) is 0 Å². The molecule has 0 unspecified atom stereocenters. The van der Waals surface area contributed by atoms with Crippen LogP contribution in [0.3, 0.4) is 0 Å². The number of thioether (sulfide) groups is 1. The summed E-state index contributed by atoms with van der Waals surface area (Å²) in [5.74, 6) is 1.21. The molecule has 0 radical (unpaired) electrons. The van der Waals surface area contributed by atoms with Gasteiger partial charge in [0.1, 0.15) is 12.4 Å². The molecular formula is C23H22N4O3S2. The standard InChI is InChI=1S/C23H22N4O3S2/c1-31-16-22-24-20-13-7-8-14-21(20)27(22)15-23(28)25-18-11-5-6-12-19(18)26-32(29,30)17-9-3-2-4-10-17/h2-14,26H,15-16H2,1H3,(H,25,28). The van der Waals surface area contributed by atoms with Crippen LogP contribution in [0.25, 0.3) is 11.0 Å². The van der Waals surface area contributed by atoms with Gasteiger partial charge in [0.25, 0.3) is 10.0 Å². The van der Waals surface area contributed by atoms with Crippen LogP contribution < -0.4 is 10.0 Å². The third kappa shape index (κ3) is 4.79. The van der Waals surface area contributed by atoms with Crippen molar-refractivity contribution < 1.29 is 13.2 Å². The lowest BCUT2D eigenvalue weighted by molar-refractivity contribution is -0.116. The SMILES string of the molecule is CSCc1nc2ccccc2n1CC(=O)Nc1ccccc1NS(=O)(=O)c1ccccc1. The highest BCUT2D eigenvalue weighted by Gasteiger charge is 2.18. The van der Waals surface area contributed by atoms with E-state index in [2.05, 4.69) is 15.0 Å². The van der Waals surface area contributed by atoms with E-state index in [-0.39, 0.29) is 17.3 Å². The molecule has 1 heterocycles. The molecule has 0 aliphatic carbocycles. The maximum atomic E-state index is 12.9. The molecule has 1 aromatic heterocycles.